The van der Waals surface area contributed by atoms with Gasteiger partial charge in [0.25, 0.3) is 16.0 Å². The molecule has 0 saturated carbocycles. The van der Waals surface area contributed by atoms with Gasteiger partial charge in [0, 0.05) is 6.21 Å². The lowest BCUT2D eigenvalue weighted by Gasteiger charge is -2.14. The zero-order valence-corrected chi connectivity index (χ0v) is 9.94. The Morgan fingerprint density at radius 2 is 2.12 bits per heavy atom. The van der Waals surface area contributed by atoms with E-state index in [2.05, 4.69) is 5.10 Å². The lowest BCUT2D eigenvalue weighted by Crippen LogP contribution is -2.20. The van der Waals surface area contributed by atoms with Crippen LogP contribution in [-0.2, 0) is 14.9 Å². The summed E-state index contributed by atoms with van der Waals surface area (Å²) in [4.78, 5) is 11.1. The molecule has 6 nitrogen and oxygen atoms in total. The van der Waals surface area contributed by atoms with Crippen molar-refractivity contribution in [3.8, 4) is 0 Å². The van der Waals surface area contributed by atoms with Crippen LogP contribution >= 0.6 is 11.6 Å². The Morgan fingerprint density at radius 3 is 2.65 bits per heavy atom. The number of hydrogen-bond donors (Lipinski definition) is 1. The first kappa shape index (κ1) is 12.0. The van der Waals surface area contributed by atoms with Crippen LogP contribution in [0.1, 0.15) is 6.42 Å². The monoisotopic (exact) mass is 274 g/mol. The largest absolute Gasteiger partial charge is 0.294 e. The SMILES string of the molecule is O=C1CC=NN1c1cc(S(=O)(=O)O)ccc1Cl. The summed E-state index contributed by atoms with van der Waals surface area (Å²) in [5.41, 5.74) is 0.126. The second-order valence-corrected chi connectivity index (χ2v) is 5.12. The topological polar surface area (TPSA) is 87.0 Å². The molecular formula is C9H7ClN2O4S. The van der Waals surface area contributed by atoms with E-state index in [1.165, 1.54) is 12.3 Å². The molecule has 1 aliphatic rings. The average Bonchev–Trinajstić information content (AvgIpc) is 2.63. The van der Waals surface area contributed by atoms with Gasteiger partial charge in [-0.1, -0.05) is 11.6 Å². The molecule has 1 heterocycles. The molecule has 1 aromatic rings. The van der Waals surface area contributed by atoms with Gasteiger partial charge >= 0.3 is 0 Å². The van der Waals surface area contributed by atoms with E-state index < -0.39 is 10.1 Å². The van der Waals surface area contributed by atoms with Crippen molar-refractivity contribution in [2.24, 2.45) is 5.10 Å². The summed E-state index contributed by atoms with van der Waals surface area (Å²) in [6.07, 6.45) is 1.52. The lowest BCUT2D eigenvalue weighted by atomic mass is 10.3. The number of nitrogens with zero attached hydrogens (tertiary/aromatic N) is 2. The van der Waals surface area contributed by atoms with Gasteiger partial charge in [-0.15, -0.1) is 0 Å². The number of carbonyl (C=O) groups excluding carboxylic acids is 1. The minimum atomic E-state index is -4.34. The van der Waals surface area contributed by atoms with Gasteiger partial charge in [-0.25, -0.2) is 0 Å². The first-order valence-corrected chi connectivity index (χ1v) is 6.34. The number of benzene rings is 1. The van der Waals surface area contributed by atoms with Gasteiger partial charge in [-0.3, -0.25) is 9.35 Å². The highest BCUT2D eigenvalue weighted by Crippen LogP contribution is 2.30. The van der Waals surface area contributed by atoms with Crippen molar-refractivity contribution in [1.29, 1.82) is 0 Å². The van der Waals surface area contributed by atoms with E-state index >= 15 is 0 Å². The van der Waals surface area contributed by atoms with E-state index in [-0.39, 0.29) is 27.9 Å². The average molecular weight is 275 g/mol. The third-order valence-electron chi connectivity index (χ3n) is 2.14. The van der Waals surface area contributed by atoms with Crippen molar-refractivity contribution < 1.29 is 17.8 Å². The molecule has 1 aliphatic heterocycles. The number of carbonyl (C=O) groups is 1. The van der Waals surface area contributed by atoms with E-state index in [0.717, 1.165) is 17.1 Å². The highest BCUT2D eigenvalue weighted by atomic mass is 35.5. The zero-order chi connectivity index (χ0) is 12.6. The van der Waals surface area contributed by atoms with Crippen LogP contribution in [0.4, 0.5) is 5.69 Å². The Labute approximate surface area is 102 Å². The van der Waals surface area contributed by atoms with Crippen molar-refractivity contribution in [2.45, 2.75) is 11.3 Å². The molecule has 0 bridgehead atoms. The highest BCUT2D eigenvalue weighted by Gasteiger charge is 2.23. The molecule has 0 aliphatic carbocycles. The van der Waals surface area contributed by atoms with Crippen molar-refractivity contribution in [3.63, 3.8) is 0 Å². The number of hydrogen-bond acceptors (Lipinski definition) is 4. The Hall–Kier alpha value is -1.44. The van der Waals surface area contributed by atoms with Crippen molar-refractivity contribution >= 4 is 39.5 Å². The Bertz CT molecular complexity index is 611. The third-order valence-corrected chi connectivity index (χ3v) is 3.31. The smallest absolute Gasteiger partial charge is 0.282 e. The molecule has 0 aromatic heterocycles. The van der Waals surface area contributed by atoms with Crippen LogP contribution < -0.4 is 5.01 Å². The molecule has 90 valence electrons. The van der Waals surface area contributed by atoms with Gasteiger partial charge in [0.05, 0.1) is 22.0 Å². The molecule has 2 rings (SSSR count). The number of hydrazone groups is 1. The molecule has 1 aromatic carbocycles. The molecule has 8 heteroatoms. The highest BCUT2D eigenvalue weighted by molar-refractivity contribution is 7.85. The normalized spacial score (nSPS) is 15.6. The third kappa shape index (κ3) is 2.31. The van der Waals surface area contributed by atoms with Crippen molar-refractivity contribution in [2.75, 3.05) is 5.01 Å². The molecule has 0 saturated heterocycles. The van der Waals surface area contributed by atoms with E-state index in [1.807, 2.05) is 0 Å². The molecule has 17 heavy (non-hydrogen) atoms. The fraction of sp³-hybridized carbons (Fsp3) is 0.111. The van der Waals surface area contributed by atoms with E-state index in [4.69, 9.17) is 16.2 Å². The Kier molecular flexibility index (Phi) is 2.90. The van der Waals surface area contributed by atoms with E-state index in [1.54, 1.807) is 0 Å². The molecule has 0 radical (unpaired) electrons. The molecular weight excluding hydrogens is 268 g/mol. The van der Waals surface area contributed by atoms with Gasteiger partial charge in [0.2, 0.25) is 0 Å². The van der Waals surface area contributed by atoms with Gasteiger partial charge in [0.1, 0.15) is 0 Å². The van der Waals surface area contributed by atoms with Crippen molar-refractivity contribution in [3.05, 3.63) is 23.2 Å². The standard InChI is InChI=1S/C9H7ClN2O4S/c10-7-2-1-6(17(14,15)16)5-8(7)12-9(13)3-4-11-12/h1-2,4-5H,3H2,(H,14,15,16). The number of rotatable bonds is 2. The van der Waals surface area contributed by atoms with Gasteiger partial charge in [-0.05, 0) is 18.2 Å². The number of halogens is 1. The van der Waals surface area contributed by atoms with Crippen LogP contribution in [0.2, 0.25) is 5.02 Å². The maximum atomic E-state index is 11.4. The van der Waals surface area contributed by atoms with Crippen LogP contribution in [0.5, 0.6) is 0 Å². The van der Waals surface area contributed by atoms with Crippen LogP contribution in [0.25, 0.3) is 0 Å². The fourth-order valence-electron chi connectivity index (χ4n) is 1.36. The maximum Gasteiger partial charge on any atom is 0.294 e. The minimum absolute atomic E-state index is 0.126. The maximum absolute atomic E-state index is 11.4. The molecule has 0 fully saturated rings. The minimum Gasteiger partial charge on any atom is -0.282 e. The number of amides is 1. The first-order valence-electron chi connectivity index (χ1n) is 4.52. The summed E-state index contributed by atoms with van der Waals surface area (Å²) in [5, 5.41) is 4.94. The summed E-state index contributed by atoms with van der Waals surface area (Å²) >= 11 is 5.85. The van der Waals surface area contributed by atoms with E-state index in [9.17, 15) is 13.2 Å². The van der Waals surface area contributed by atoms with Gasteiger partial charge in [0.15, 0.2) is 0 Å². The number of anilines is 1. The van der Waals surface area contributed by atoms with Crippen LogP contribution in [0, 0.1) is 0 Å². The van der Waals surface area contributed by atoms with Crippen LogP contribution in [0.3, 0.4) is 0 Å². The quantitative estimate of drug-likeness (QED) is 0.824. The summed E-state index contributed by atoms with van der Waals surface area (Å²) in [6.45, 7) is 0. The van der Waals surface area contributed by atoms with Crippen molar-refractivity contribution in [1.82, 2.24) is 0 Å². The Balaban J connectivity index is 2.54. The summed E-state index contributed by atoms with van der Waals surface area (Å²) in [6, 6.07) is 3.52. The molecule has 1 amide bonds. The molecule has 0 unspecified atom stereocenters. The molecule has 1 N–H and O–H groups in total. The van der Waals surface area contributed by atoms with E-state index in [0.29, 0.717) is 0 Å². The predicted molar refractivity (Wildman–Crippen MR) is 61.9 cm³/mol. The second kappa shape index (κ2) is 4.10. The predicted octanol–water partition coefficient (Wildman–Crippen LogP) is 1.31. The molecule has 0 atom stereocenters. The van der Waals surface area contributed by atoms with Gasteiger partial charge in [-0.2, -0.15) is 18.5 Å². The zero-order valence-electron chi connectivity index (χ0n) is 8.37. The molecule has 0 spiro atoms. The lowest BCUT2D eigenvalue weighted by molar-refractivity contribution is -0.116. The summed E-state index contributed by atoms with van der Waals surface area (Å²) in [5.74, 6) is -0.320. The summed E-state index contributed by atoms with van der Waals surface area (Å²) < 4.78 is 30.8. The fourth-order valence-corrected chi connectivity index (χ4v) is 2.06. The first-order chi connectivity index (χ1) is 7.89. The Morgan fingerprint density at radius 1 is 1.41 bits per heavy atom. The van der Waals surface area contributed by atoms with Crippen LogP contribution in [0.15, 0.2) is 28.2 Å². The second-order valence-electron chi connectivity index (χ2n) is 3.30. The van der Waals surface area contributed by atoms with Gasteiger partial charge < -0.3 is 0 Å². The van der Waals surface area contributed by atoms with Crippen LogP contribution in [-0.4, -0.2) is 25.1 Å². The summed E-state index contributed by atoms with van der Waals surface area (Å²) in [7, 11) is -4.34.